The van der Waals surface area contributed by atoms with Crippen LogP contribution in [0.4, 0.5) is 4.39 Å². The van der Waals surface area contributed by atoms with Crippen LogP contribution in [0.5, 0.6) is 0 Å². The molecule has 0 bridgehead atoms. The number of aliphatic imine (C=N–C) groups is 1. The quantitative estimate of drug-likeness (QED) is 0.433. The molecule has 2 rings (SSSR count). The van der Waals surface area contributed by atoms with E-state index in [2.05, 4.69) is 20.7 Å². The molecule has 0 atom stereocenters. The van der Waals surface area contributed by atoms with Crippen molar-refractivity contribution in [1.29, 1.82) is 0 Å². The van der Waals surface area contributed by atoms with Gasteiger partial charge in [-0.05, 0) is 25.0 Å². The van der Waals surface area contributed by atoms with Crippen LogP contribution in [0.25, 0.3) is 0 Å². The Hall–Kier alpha value is -1.22. The fourth-order valence-corrected chi connectivity index (χ4v) is 2.80. The van der Waals surface area contributed by atoms with Gasteiger partial charge in [-0.2, -0.15) is 0 Å². The van der Waals surface area contributed by atoms with Gasteiger partial charge in [0.2, 0.25) is 0 Å². The highest BCUT2D eigenvalue weighted by Crippen LogP contribution is 2.10. The largest absolute Gasteiger partial charge is 0.356 e. The van der Waals surface area contributed by atoms with Crippen molar-refractivity contribution < 1.29 is 4.39 Å². The molecule has 2 aromatic rings. The summed E-state index contributed by atoms with van der Waals surface area (Å²) in [6, 6.07) is 6.85. The number of aryl methyl sites for hydroxylation is 1. The van der Waals surface area contributed by atoms with Crippen molar-refractivity contribution in [3.63, 3.8) is 0 Å². The van der Waals surface area contributed by atoms with Gasteiger partial charge >= 0.3 is 0 Å². The number of halogens is 2. The van der Waals surface area contributed by atoms with Crippen LogP contribution in [0.15, 0.2) is 34.6 Å². The minimum Gasteiger partial charge on any atom is -0.356 e. The molecule has 0 aliphatic rings. The SMILES string of the molecule is CN=C(NCCc1ccccc1F)N(C)Cc1csc(C)n1.I. The first-order valence-corrected chi connectivity index (χ1v) is 8.04. The number of nitrogens with zero attached hydrogens (tertiary/aromatic N) is 3. The maximum atomic E-state index is 13.6. The van der Waals surface area contributed by atoms with E-state index in [0.717, 1.165) is 16.7 Å². The first-order chi connectivity index (χ1) is 10.6. The lowest BCUT2D eigenvalue weighted by atomic mass is 10.1. The Morgan fingerprint density at radius 2 is 2.13 bits per heavy atom. The van der Waals surface area contributed by atoms with Gasteiger partial charge in [-0.1, -0.05) is 18.2 Å². The van der Waals surface area contributed by atoms with Crippen molar-refractivity contribution in [3.05, 3.63) is 51.7 Å². The summed E-state index contributed by atoms with van der Waals surface area (Å²) in [4.78, 5) is 10.7. The maximum absolute atomic E-state index is 13.6. The van der Waals surface area contributed by atoms with Crippen molar-refractivity contribution in [1.82, 2.24) is 15.2 Å². The summed E-state index contributed by atoms with van der Waals surface area (Å²) in [7, 11) is 3.71. The lowest BCUT2D eigenvalue weighted by molar-refractivity contribution is 0.471. The van der Waals surface area contributed by atoms with Crippen molar-refractivity contribution in [2.24, 2.45) is 4.99 Å². The Balaban J connectivity index is 0.00000264. The smallest absolute Gasteiger partial charge is 0.193 e. The van der Waals surface area contributed by atoms with Crippen LogP contribution < -0.4 is 5.32 Å². The molecule has 0 saturated carbocycles. The normalized spacial score (nSPS) is 11.0. The number of nitrogens with one attached hydrogen (secondary N) is 1. The van der Waals surface area contributed by atoms with Crippen molar-refractivity contribution in [2.45, 2.75) is 19.9 Å². The molecular formula is C16H22FIN4S. The van der Waals surface area contributed by atoms with Gasteiger partial charge in [0.15, 0.2) is 5.96 Å². The van der Waals surface area contributed by atoms with Gasteiger partial charge in [0.25, 0.3) is 0 Å². The van der Waals surface area contributed by atoms with Gasteiger partial charge < -0.3 is 10.2 Å². The van der Waals surface area contributed by atoms with Gasteiger partial charge in [-0.25, -0.2) is 9.37 Å². The summed E-state index contributed by atoms with van der Waals surface area (Å²) >= 11 is 1.64. The number of benzene rings is 1. The second-order valence-electron chi connectivity index (χ2n) is 5.03. The van der Waals surface area contributed by atoms with Crippen molar-refractivity contribution in [3.8, 4) is 0 Å². The fraction of sp³-hybridized carbons (Fsp3) is 0.375. The maximum Gasteiger partial charge on any atom is 0.193 e. The van der Waals surface area contributed by atoms with Gasteiger partial charge in [-0.3, -0.25) is 4.99 Å². The molecule has 0 aliphatic heterocycles. The molecule has 0 saturated heterocycles. The van der Waals surface area contributed by atoms with E-state index < -0.39 is 0 Å². The average molecular weight is 448 g/mol. The Bertz CT molecular complexity index is 645. The van der Waals surface area contributed by atoms with Gasteiger partial charge in [0, 0.05) is 26.0 Å². The number of hydrogen-bond acceptors (Lipinski definition) is 3. The van der Waals surface area contributed by atoms with E-state index in [-0.39, 0.29) is 29.8 Å². The predicted molar refractivity (Wildman–Crippen MR) is 105 cm³/mol. The molecule has 1 aromatic carbocycles. The second-order valence-corrected chi connectivity index (χ2v) is 6.09. The molecule has 1 N–H and O–H groups in total. The summed E-state index contributed by atoms with van der Waals surface area (Å²) in [6.45, 7) is 3.33. The lowest BCUT2D eigenvalue weighted by Crippen LogP contribution is -2.39. The Labute approximate surface area is 157 Å². The monoisotopic (exact) mass is 448 g/mol. The Morgan fingerprint density at radius 1 is 1.39 bits per heavy atom. The van der Waals surface area contributed by atoms with E-state index in [1.165, 1.54) is 6.07 Å². The molecule has 1 aromatic heterocycles. The fourth-order valence-electron chi connectivity index (χ4n) is 2.19. The molecule has 0 amide bonds. The third kappa shape index (κ3) is 6.06. The van der Waals surface area contributed by atoms with Crippen LogP contribution in [0.2, 0.25) is 0 Å². The molecule has 0 spiro atoms. The highest BCUT2D eigenvalue weighted by Gasteiger charge is 2.09. The highest BCUT2D eigenvalue weighted by molar-refractivity contribution is 14.0. The highest BCUT2D eigenvalue weighted by atomic mass is 127. The third-order valence-corrected chi connectivity index (χ3v) is 4.10. The van der Waals surface area contributed by atoms with E-state index in [0.29, 0.717) is 25.1 Å². The number of guanidine groups is 1. The van der Waals surface area contributed by atoms with Crippen LogP contribution in [0.3, 0.4) is 0 Å². The minimum atomic E-state index is -0.161. The molecule has 1 heterocycles. The van der Waals surface area contributed by atoms with Crippen LogP contribution in [-0.4, -0.2) is 36.5 Å². The van der Waals surface area contributed by atoms with E-state index in [9.17, 15) is 4.39 Å². The van der Waals surface area contributed by atoms with Crippen LogP contribution in [0.1, 0.15) is 16.3 Å². The standard InChI is InChI=1S/C16H21FN4S.HI/c1-12-20-14(11-22-12)10-21(3)16(18-2)19-9-8-13-6-4-5-7-15(13)17;/h4-7,11H,8-10H2,1-3H3,(H,18,19);1H. The average Bonchev–Trinajstić information content (AvgIpc) is 2.90. The summed E-state index contributed by atoms with van der Waals surface area (Å²) in [5.74, 6) is 0.618. The first-order valence-electron chi connectivity index (χ1n) is 7.16. The molecule has 0 fully saturated rings. The Kier molecular flexibility index (Phi) is 8.46. The van der Waals surface area contributed by atoms with Gasteiger partial charge in [0.05, 0.1) is 17.2 Å². The lowest BCUT2D eigenvalue weighted by Gasteiger charge is -2.21. The predicted octanol–water partition coefficient (Wildman–Crippen LogP) is 3.46. The third-order valence-electron chi connectivity index (χ3n) is 3.27. The van der Waals surface area contributed by atoms with Gasteiger partial charge in [-0.15, -0.1) is 35.3 Å². The summed E-state index contributed by atoms with van der Waals surface area (Å²) in [5, 5.41) is 6.37. The van der Waals surface area contributed by atoms with E-state index in [1.54, 1.807) is 24.5 Å². The molecule has 23 heavy (non-hydrogen) atoms. The van der Waals surface area contributed by atoms with Crippen LogP contribution in [-0.2, 0) is 13.0 Å². The molecule has 4 nitrogen and oxygen atoms in total. The first kappa shape index (κ1) is 19.8. The van der Waals surface area contributed by atoms with Crippen molar-refractivity contribution >= 4 is 41.3 Å². The summed E-state index contributed by atoms with van der Waals surface area (Å²) in [6.07, 6.45) is 0.620. The molecular weight excluding hydrogens is 426 g/mol. The molecule has 0 unspecified atom stereocenters. The van der Waals surface area contributed by atoms with E-state index in [1.807, 2.05) is 31.0 Å². The summed E-state index contributed by atoms with van der Waals surface area (Å²) < 4.78 is 13.6. The number of rotatable bonds is 5. The topological polar surface area (TPSA) is 40.5 Å². The molecule has 0 radical (unpaired) electrons. The number of hydrogen-bond donors (Lipinski definition) is 1. The van der Waals surface area contributed by atoms with E-state index >= 15 is 0 Å². The molecule has 7 heteroatoms. The van der Waals surface area contributed by atoms with Crippen molar-refractivity contribution in [2.75, 3.05) is 20.6 Å². The zero-order chi connectivity index (χ0) is 15.9. The molecule has 0 aliphatic carbocycles. The second kappa shape index (κ2) is 9.82. The number of aromatic nitrogens is 1. The molecule has 126 valence electrons. The van der Waals surface area contributed by atoms with E-state index in [4.69, 9.17) is 0 Å². The zero-order valence-corrected chi connectivity index (χ0v) is 16.7. The summed E-state index contributed by atoms with van der Waals surface area (Å²) in [5.41, 5.74) is 1.74. The van der Waals surface area contributed by atoms with Gasteiger partial charge in [0.1, 0.15) is 5.82 Å². The minimum absolute atomic E-state index is 0. The van der Waals surface area contributed by atoms with Crippen LogP contribution >= 0.6 is 35.3 Å². The Morgan fingerprint density at radius 3 is 2.74 bits per heavy atom. The van der Waals surface area contributed by atoms with Crippen LogP contribution in [0, 0.1) is 12.7 Å². The zero-order valence-electron chi connectivity index (χ0n) is 13.5. The number of thiazole rings is 1.